The minimum absolute atomic E-state index is 0.0832. The highest BCUT2D eigenvalue weighted by Gasteiger charge is 2.27. The first-order chi connectivity index (χ1) is 11.5. The molecular formula is C17H15BrN2O4. The van der Waals surface area contributed by atoms with E-state index in [0.717, 1.165) is 4.47 Å². The van der Waals surface area contributed by atoms with E-state index in [4.69, 9.17) is 9.47 Å². The van der Waals surface area contributed by atoms with Gasteiger partial charge in [-0.1, -0.05) is 28.1 Å². The fourth-order valence-electron chi connectivity index (χ4n) is 2.22. The predicted octanol–water partition coefficient (Wildman–Crippen LogP) is 2.83. The van der Waals surface area contributed by atoms with Gasteiger partial charge in [0.2, 0.25) is 6.10 Å². The van der Waals surface area contributed by atoms with E-state index >= 15 is 0 Å². The van der Waals surface area contributed by atoms with Gasteiger partial charge >= 0.3 is 0 Å². The second kappa shape index (κ2) is 6.92. The minimum Gasteiger partial charge on any atom is -0.507 e. The van der Waals surface area contributed by atoms with Crippen LogP contribution in [0.1, 0.15) is 12.5 Å². The SMILES string of the molecule is C/C(=N\NC(=O)[C@H]1COc2ccccc2O1)c1cc(Br)ccc1O. The highest BCUT2D eigenvalue weighted by Crippen LogP contribution is 2.30. The molecule has 0 unspecified atom stereocenters. The molecule has 24 heavy (non-hydrogen) atoms. The number of hydrazone groups is 1. The number of aromatic hydroxyl groups is 1. The van der Waals surface area contributed by atoms with E-state index in [1.54, 1.807) is 43.3 Å². The van der Waals surface area contributed by atoms with Crippen LogP contribution in [0.3, 0.4) is 0 Å². The Balaban J connectivity index is 1.68. The van der Waals surface area contributed by atoms with Gasteiger partial charge in [-0.3, -0.25) is 4.79 Å². The summed E-state index contributed by atoms with van der Waals surface area (Å²) >= 11 is 3.33. The van der Waals surface area contributed by atoms with E-state index in [0.29, 0.717) is 22.8 Å². The highest BCUT2D eigenvalue weighted by molar-refractivity contribution is 9.10. The molecule has 0 fully saturated rings. The molecule has 6 nitrogen and oxygen atoms in total. The first-order valence-corrected chi connectivity index (χ1v) is 8.05. The average Bonchev–Trinajstić information content (AvgIpc) is 2.61. The summed E-state index contributed by atoms with van der Waals surface area (Å²) in [6.45, 7) is 1.80. The van der Waals surface area contributed by atoms with Crippen molar-refractivity contribution in [2.45, 2.75) is 13.0 Å². The van der Waals surface area contributed by atoms with Gasteiger partial charge in [0.1, 0.15) is 12.4 Å². The normalized spacial score (nSPS) is 16.6. The van der Waals surface area contributed by atoms with Crippen molar-refractivity contribution in [2.75, 3.05) is 6.61 Å². The number of para-hydroxylation sites is 2. The zero-order valence-corrected chi connectivity index (χ0v) is 14.4. The topological polar surface area (TPSA) is 80.2 Å². The van der Waals surface area contributed by atoms with E-state index in [9.17, 15) is 9.90 Å². The second-order valence-corrected chi connectivity index (χ2v) is 6.11. The van der Waals surface area contributed by atoms with Gasteiger partial charge in [0, 0.05) is 10.0 Å². The number of carbonyl (C=O) groups excluding carboxylic acids is 1. The Labute approximate surface area is 147 Å². The molecule has 0 spiro atoms. The summed E-state index contributed by atoms with van der Waals surface area (Å²) in [5, 5.41) is 13.9. The second-order valence-electron chi connectivity index (χ2n) is 5.20. The zero-order valence-electron chi connectivity index (χ0n) is 12.8. The first-order valence-electron chi connectivity index (χ1n) is 7.26. The molecule has 1 aliphatic rings. The molecule has 0 aromatic heterocycles. The van der Waals surface area contributed by atoms with Gasteiger partial charge in [0.05, 0.1) is 5.71 Å². The van der Waals surface area contributed by atoms with Crippen LogP contribution in [0.4, 0.5) is 0 Å². The van der Waals surface area contributed by atoms with Gasteiger partial charge in [-0.25, -0.2) is 5.43 Å². The smallest absolute Gasteiger partial charge is 0.284 e. The van der Waals surface area contributed by atoms with Crippen LogP contribution in [0.2, 0.25) is 0 Å². The van der Waals surface area contributed by atoms with Crippen LogP contribution >= 0.6 is 15.9 Å². The molecule has 1 atom stereocenters. The number of phenols is 1. The summed E-state index contributed by atoms with van der Waals surface area (Å²) in [6, 6.07) is 12.1. The molecule has 124 valence electrons. The number of benzene rings is 2. The van der Waals surface area contributed by atoms with Crippen molar-refractivity contribution in [3.63, 3.8) is 0 Å². The Morgan fingerprint density at radius 3 is 2.83 bits per heavy atom. The number of nitrogens with zero attached hydrogens (tertiary/aromatic N) is 1. The van der Waals surface area contributed by atoms with Crippen LogP contribution < -0.4 is 14.9 Å². The van der Waals surface area contributed by atoms with Gasteiger partial charge in [-0.05, 0) is 37.3 Å². The molecule has 2 N–H and O–H groups in total. The molecule has 0 saturated heterocycles. The molecule has 2 aromatic rings. The number of amides is 1. The number of phenolic OH excluding ortho intramolecular Hbond substituents is 1. The predicted molar refractivity (Wildman–Crippen MR) is 92.5 cm³/mol. The van der Waals surface area contributed by atoms with Crippen molar-refractivity contribution in [1.29, 1.82) is 0 Å². The molecule has 2 aromatic carbocycles. The molecule has 0 radical (unpaired) electrons. The average molecular weight is 391 g/mol. The summed E-state index contributed by atoms with van der Waals surface area (Å²) in [7, 11) is 0. The molecule has 0 saturated carbocycles. The Morgan fingerprint density at radius 2 is 2.04 bits per heavy atom. The first kappa shape index (κ1) is 16.3. The van der Waals surface area contributed by atoms with Gasteiger partial charge < -0.3 is 14.6 Å². The number of hydrogen-bond acceptors (Lipinski definition) is 5. The van der Waals surface area contributed by atoms with Crippen LogP contribution in [0.15, 0.2) is 52.0 Å². The van der Waals surface area contributed by atoms with E-state index in [-0.39, 0.29) is 12.4 Å². The van der Waals surface area contributed by atoms with Crippen molar-refractivity contribution < 1.29 is 19.4 Å². The fourth-order valence-corrected chi connectivity index (χ4v) is 2.58. The molecule has 0 aliphatic carbocycles. The molecule has 3 rings (SSSR count). The molecule has 0 bridgehead atoms. The monoisotopic (exact) mass is 390 g/mol. The van der Waals surface area contributed by atoms with Crippen LogP contribution in [0, 0.1) is 0 Å². The maximum Gasteiger partial charge on any atom is 0.284 e. The van der Waals surface area contributed by atoms with E-state index < -0.39 is 12.0 Å². The van der Waals surface area contributed by atoms with Crippen LogP contribution in [0.5, 0.6) is 17.2 Å². The van der Waals surface area contributed by atoms with Gasteiger partial charge in [0.25, 0.3) is 5.91 Å². The lowest BCUT2D eigenvalue weighted by molar-refractivity contribution is -0.130. The molecule has 1 heterocycles. The summed E-state index contributed by atoms with van der Waals surface area (Å²) < 4.78 is 11.9. The zero-order chi connectivity index (χ0) is 17.1. The quantitative estimate of drug-likeness (QED) is 0.623. The van der Waals surface area contributed by atoms with E-state index in [1.807, 2.05) is 6.07 Å². The third-order valence-corrected chi connectivity index (χ3v) is 3.98. The number of nitrogens with one attached hydrogen (secondary N) is 1. The fraction of sp³-hybridized carbons (Fsp3) is 0.176. The Hall–Kier alpha value is -2.54. The van der Waals surface area contributed by atoms with Crippen molar-refractivity contribution in [2.24, 2.45) is 5.10 Å². The number of carbonyl (C=O) groups is 1. The number of fused-ring (bicyclic) bond motifs is 1. The van der Waals surface area contributed by atoms with Gasteiger partial charge in [-0.15, -0.1) is 0 Å². The number of halogens is 1. The third-order valence-electron chi connectivity index (χ3n) is 3.48. The number of ether oxygens (including phenoxy) is 2. The Morgan fingerprint density at radius 1 is 1.29 bits per heavy atom. The van der Waals surface area contributed by atoms with Crippen molar-refractivity contribution >= 4 is 27.5 Å². The van der Waals surface area contributed by atoms with E-state index in [2.05, 4.69) is 26.5 Å². The standard InChI is InChI=1S/C17H15BrN2O4/c1-10(12-8-11(18)6-7-13(12)21)19-20-17(22)16-9-23-14-4-2-3-5-15(14)24-16/h2-8,16,21H,9H2,1H3,(H,20,22)/b19-10+/t16-/m1/s1. The summed E-state index contributed by atoms with van der Waals surface area (Å²) in [4.78, 5) is 12.2. The van der Waals surface area contributed by atoms with Crippen molar-refractivity contribution in [1.82, 2.24) is 5.43 Å². The van der Waals surface area contributed by atoms with Gasteiger partial charge in [-0.2, -0.15) is 5.10 Å². The lowest BCUT2D eigenvalue weighted by Gasteiger charge is -2.24. The molecular weight excluding hydrogens is 376 g/mol. The van der Waals surface area contributed by atoms with Gasteiger partial charge in [0.15, 0.2) is 11.5 Å². The minimum atomic E-state index is -0.785. The summed E-state index contributed by atoms with van der Waals surface area (Å²) in [5.41, 5.74) is 3.44. The molecule has 7 heteroatoms. The van der Waals surface area contributed by atoms with E-state index in [1.165, 1.54) is 0 Å². The maximum absolute atomic E-state index is 12.2. The summed E-state index contributed by atoms with van der Waals surface area (Å²) in [5.74, 6) is 0.799. The highest BCUT2D eigenvalue weighted by atomic mass is 79.9. The maximum atomic E-state index is 12.2. The van der Waals surface area contributed by atoms with Crippen LogP contribution in [0.25, 0.3) is 0 Å². The van der Waals surface area contributed by atoms with Crippen LogP contribution in [-0.2, 0) is 4.79 Å². The number of hydrogen-bond donors (Lipinski definition) is 2. The number of rotatable bonds is 3. The largest absolute Gasteiger partial charge is 0.507 e. The Kier molecular flexibility index (Phi) is 4.71. The lowest BCUT2D eigenvalue weighted by Crippen LogP contribution is -2.42. The van der Waals surface area contributed by atoms with Crippen molar-refractivity contribution in [3.05, 3.63) is 52.5 Å². The van der Waals surface area contributed by atoms with Crippen molar-refractivity contribution in [3.8, 4) is 17.2 Å². The third kappa shape index (κ3) is 3.51. The Bertz CT molecular complexity index is 807. The van der Waals surface area contributed by atoms with Crippen LogP contribution in [-0.4, -0.2) is 29.4 Å². The molecule has 1 aliphatic heterocycles. The lowest BCUT2D eigenvalue weighted by atomic mass is 10.1. The molecule has 1 amide bonds. The summed E-state index contributed by atoms with van der Waals surface area (Å²) in [6.07, 6.45) is -0.785.